The van der Waals surface area contributed by atoms with Crippen LogP contribution < -0.4 is 0 Å². The lowest BCUT2D eigenvalue weighted by molar-refractivity contribution is 0.0347. The first-order valence-electron chi connectivity index (χ1n) is 7.00. The molecule has 0 saturated heterocycles. The van der Waals surface area contributed by atoms with E-state index in [0.29, 0.717) is 12.8 Å². The van der Waals surface area contributed by atoms with Crippen molar-refractivity contribution in [3.8, 4) is 0 Å². The molecule has 5 heteroatoms. The molecule has 0 aliphatic heterocycles. The molecule has 0 fully saturated rings. The molecule has 0 rings (SSSR count). The van der Waals surface area contributed by atoms with Crippen molar-refractivity contribution in [2.45, 2.75) is 65.0 Å². The molecular weight excluding hydrogens is 254 g/mol. The lowest BCUT2D eigenvalue weighted by Crippen LogP contribution is -2.39. The molecular formula is C15H27N3O2. The Balaban J connectivity index is 4.43. The van der Waals surface area contributed by atoms with E-state index in [9.17, 15) is 5.11 Å². The van der Waals surface area contributed by atoms with Gasteiger partial charge in [-0.15, -0.1) is 0 Å². The number of hydrogen-bond acceptors (Lipinski definition) is 3. The Labute approximate surface area is 121 Å². The first kappa shape index (κ1) is 18.7. The largest absolute Gasteiger partial charge is 0.394 e. The van der Waals surface area contributed by atoms with Crippen LogP contribution in [-0.2, 0) is 0 Å². The summed E-state index contributed by atoms with van der Waals surface area (Å²) in [5, 5.41) is 22.4. The Morgan fingerprint density at radius 2 is 1.95 bits per heavy atom. The van der Waals surface area contributed by atoms with Crippen molar-refractivity contribution >= 4 is 0 Å². The summed E-state index contributed by atoms with van der Waals surface area (Å²) in [6.07, 6.45) is 6.54. The zero-order valence-electron chi connectivity index (χ0n) is 13.0. The van der Waals surface area contributed by atoms with Gasteiger partial charge >= 0.3 is 0 Å². The first-order chi connectivity index (χ1) is 9.35. The third-order valence-corrected chi connectivity index (χ3v) is 3.40. The lowest BCUT2D eigenvalue weighted by atomic mass is 9.90. The Morgan fingerprint density at radius 3 is 2.45 bits per heavy atom. The number of hydrogen-bond donors (Lipinski definition) is 2. The summed E-state index contributed by atoms with van der Waals surface area (Å²) >= 11 is 0. The molecule has 0 spiro atoms. The Morgan fingerprint density at radius 1 is 1.30 bits per heavy atom. The third kappa shape index (κ3) is 7.34. The normalized spacial score (nSPS) is 16.0. The van der Waals surface area contributed by atoms with Gasteiger partial charge in [-0.25, -0.2) is 0 Å². The SMILES string of the molecule is CC(C)=CCC/C(C)=C/CC[C@](C)(N=[N+]=[N-])[C@H](O)CO. The number of nitrogens with zero attached hydrogens (tertiary/aromatic N) is 3. The minimum Gasteiger partial charge on any atom is -0.394 e. The Kier molecular flexibility index (Phi) is 8.97. The van der Waals surface area contributed by atoms with Crippen LogP contribution in [0.4, 0.5) is 0 Å². The maximum absolute atomic E-state index is 9.73. The molecule has 0 aliphatic rings. The highest BCUT2D eigenvalue weighted by atomic mass is 16.3. The first-order valence-corrected chi connectivity index (χ1v) is 7.00. The zero-order valence-corrected chi connectivity index (χ0v) is 13.0. The number of rotatable bonds is 9. The molecule has 2 atom stereocenters. The summed E-state index contributed by atoms with van der Waals surface area (Å²) in [7, 11) is 0. The quantitative estimate of drug-likeness (QED) is 0.290. The van der Waals surface area contributed by atoms with E-state index in [0.717, 1.165) is 12.8 Å². The molecule has 20 heavy (non-hydrogen) atoms. The van der Waals surface area contributed by atoms with Crippen LogP contribution in [0.1, 0.15) is 53.4 Å². The second kappa shape index (κ2) is 9.59. The minimum atomic E-state index is -1.03. The maximum Gasteiger partial charge on any atom is 0.0881 e. The maximum atomic E-state index is 9.73. The molecule has 5 nitrogen and oxygen atoms in total. The van der Waals surface area contributed by atoms with E-state index in [-0.39, 0.29) is 0 Å². The van der Waals surface area contributed by atoms with Crippen LogP contribution in [0.3, 0.4) is 0 Å². The van der Waals surface area contributed by atoms with Crippen molar-refractivity contribution < 1.29 is 10.2 Å². The van der Waals surface area contributed by atoms with Gasteiger partial charge in [-0.05, 0) is 52.0 Å². The topological polar surface area (TPSA) is 89.2 Å². The van der Waals surface area contributed by atoms with Gasteiger partial charge in [0.1, 0.15) is 0 Å². The highest BCUT2D eigenvalue weighted by molar-refractivity contribution is 5.03. The van der Waals surface area contributed by atoms with Gasteiger partial charge < -0.3 is 10.2 Å². The van der Waals surface area contributed by atoms with Gasteiger partial charge in [-0.1, -0.05) is 35.3 Å². The van der Waals surface area contributed by atoms with Gasteiger partial charge in [0.05, 0.1) is 18.2 Å². The third-order valence-electron chi connectivity index (χ3n) is 3.40. The average molecular weight is 281 g/mol. The Bertz CT molecular complexity index is 394. The van der Waals surface area contributed by atoms with Gasteiger partial charge in [0, 0.05) is 4.91 Å². The lowest BCUT2D eigenvalue weighted by Gasteiger charge is -2.28. The molecule has 0 aliphatic carbocycles. The molecule has 0 heterocycles. The molecule has 0 aromatic heterocycles. The smallest absolute Gasteiger partial charge is 0.0881 e. The van der Waals surface area contributed by atoms with Gasteiger partial charge in [-0.2, -0.15) is 0 Å². The van der Waals surface area contributed by atoms with Gasteiger partial charge in [0.15, 0.2) is 0 Å². The van der Waals surface area contributed by atoms with Crippen LogP contribution in [0.2, 0.25) is 0 Å². The van der Waals surface area contributed by atoms with Gasteiger partial charge in [0.2, 0.25) is 0 Å². The van der Waals surface area contributed by atoms with E-state index >= 15 is 0 Å². The molecule has 0 aromatic rings. The summed E-state index contributed by atoms with van der Waals surface area (Å²) < 4.78 is 0. The highest BCUT2D eigenvalue weighted by Gasteiger charge is 2.30. The minimum absolute atomic E-state index is 0.404. The summed E-state index contributed by atoms with van der Waals surface area (Å²) in [5.74, 6) is 0. The van der Waals surface area contributed by atoms with Crippen molar-refractivity contribution in [1.82, 2.24) is 0 Å². The van der Waals surface area contributed by atoms with Crippen LogP contribution in [0.25, 0.3) is 10.4 Å². The summed E-state index contributed by atoms with van der Waals surface area (Å²) in [4.78, 5) is 2.77. The number of allylic oxidation sites excluding steroid dienone is 4. The Hall–Kier alpha value is -1.29. The van der Waals surface area contributed by atoms with E-state index in [1.165, 1.54) is 11.1 Å². The fraction of sp³-hybridized carbons (Fsp3) is 0.733. The number of aliphatic hydroxyl groups is 2. The van der Waals surface area contributed by atoms with Crippen LogP contribution in [0, 0.1) is 0 Å². The van der Waals surface area contributed by atoms with Crippen LogP contribution in [-0.4, -0.2) is 28.5 Å². The van der Waals surface area contributed by atoms with E-state index in [1.54, 1.807) is 6.92 Å². The summed E-state index contributed by atoms with van der Waals surface area (Å²) in [6.45, 7) is 7.51. The predicted octanol–water partition coefficient (Wildman–Crippen LogP) is 3.88. The number of azide groups is 1. The fourth-order valence-electron chi connectivity index (χ4n) is 1.88. The molecule has 0 amide bonds. The van der Waals surface area contributed by atoms with Crippen LogP contribution in [0.5, 0.6) is 0 Å². The van der Waals surface area contributed by atoms with Crippen molar-refractivity contribution in [3.63, 3.8) is 0 Å². The van der Waals surface area contributed by atoms with Crippen LogP contribution in [0.15, 0.2) is 28.4 Å². The van der Waals surface area contributed by atoms with E-state index in [1.807, 2.05) is 0 Å². The van der Waals surface area contributed by atoms with Crippen molar-refractivity contribution in [2.75, 3.05) is 6.61 Å². The molecule has 0 aromatic carbocycles. The van der Waals surface area contributed by atoms with E-state index < -0.39 is 18.2 Å². The molecule has 0 bridgehead atoms. The second-order valence-electron chi connectivity index (χ2n) is 5.65. The zero-order chi connectivity index (χ0) is 15.6. The predicted molar refractivity (Wildman–Crippen MR) is 82.3 cm³/mol. The second-order valence-corrected chi connectivity index (χ2v) is 5.65. The van der Waals surface area contributed by atoms with E-state index in [2.05, 4.69) is 42.9 Å². The highest BCUT2D eigenvalue weighted by Crippen LogP contribution is 2.23. The van der Waals surface area contributed by atoms with Gasteiger partial charge in [-0.3, -0.25) is 0 Å². The van der Waals surface area contributed by atoms with Gasteiger partial charge in [0.25, 0.3) is 0 Å². The standard InChI is InChI=1S/C15H27N3O2/c1-12(2)7-5-8-13(3)9-6-10-15(4,17-18-16)14(20)11-19/h7,9,14,19-20H,5-6,8,10-11H2,1-4H3/b13-9+/t14-,15+/m1/s1. The fourth-order valence-corrected chi connectivity index (χ4v) is 1.88. The van der Waals surface area contributed by atoms with E-state index in [4.69, 9.17) is 10.6 Å². The average Bonchev–Trinajstić information content (AvgIpc) is 2.37. The molecule has 2 N–H and O–H groups in total. The summed E-state index contributed by atoms with van der Waals surface area (Å²) in [6, 6.07) is 0. The molecule has 0 saturated carbocycles. The molecule has 0 unspecified atom stereocenters. The van der Waals surface area contributed by atoms with Crippen molar-refractivity contribution in [2.24, 2.45) is 5.11 Å². The summed E-state index contributed by atoms with van der Waals surface area (Å²) in [5.41, 5.74) is 10.2. The number of aliphatic hydroxyl groups excluding tert-OH is 2. The van der Waals surface area contributed by atoms with Crippen molar-refractivity contribution in [3.05, 3.63) is 33.7 Å². The molecule has 0 radical (unpaired) electrons. The monoisotopic (exact) mass is 281 g/mol. The van der Waals surface area contributed by atoms with Crippen LogP contribution >= 0.6 is 0 Å². The van der Waals surface area contributed by atoms with Crippen molar-refractivity contribution in [1.29, 1.82) is 0 Å². The molecule has 114 valence electrons.